The van der Waals surface area contributed by atoms with Crippen molar-refractivity contribution in [3.8, 4) is 10.6 Å². The van der Waals surface area contributed by atoms with Crippen molar-refractivity contribution in [3.63, 3.8) is 0 Å². The Hall–Kier alpha value is -1.22. The first-order valence-electron chi connectivity index (χ1n) is 3.69. The van der Waals surface area contributed by atoms with E-state index in [1.807, 2.05) is 12.1 Å². The molecule has 0 unspecified atom stereocenters. The zero-order chi connectivity index (χ0) is 8.39. The molecule has 0 amide bonds. The van der Waals surface area contributed by atoms with Gasteiger partial charge in [-0.2, -0.15) is 0 Å². The van der Waals surface area contributed by atoms with Crippen molar-refractivity contribution in [1.82, 2.24) is 10.2 Å². The lowest BCUT2D eigenvalue weighted by Crippen LogP contribution is -1.77. The van der Waals surface area contributed by atoms with E-state index in [9.17, 15) is 0 Å². The molecule has 0 saturated carbocycles. The van der Waals surface area contributed by atoms with Gasteiger partial charge in [-0.05, 0) is 13.0 Å². The maximum absolute atomic E-state index is 4.00. The van der Waals surface area contributed by atoms with Crippen LogP contribution in [-0.2, 0) is 0 Å². The summed E-state index contributed by atoms with van der Waals surface area (Å²) in [5.74, 6) is 0. The number of benzene rings is 1. The molecule has 2 aromatic rings. The van der Waals surface area contributed by atoms with Crippen LogP contribution in [0, 0.1) is 6.92 Å². The molecule has 0 fully saturated rings. The average molecular weight is 176 g/mol. The molecule has 1 heterocycles. The molecule has 0 aliphatic rings. The number of aromatic nitrogens is 2. The van der Waals surface area contributed by atoms with E-state index in [1.165, 1.54) is 5.56 Å². The Morgan fingerprint density at radius 2 is 2.25 bits per heavy atom. The average Bonchev–Trinajstić information content (AvgIpc) is 2.56. The molecule has 60 valence electrons. The molecule has 0 aliphatic carbocycles. The molecule has 0 spiro atoms. The van der Waals surface area contributed by atoms with Gasteiger partial charge < -0.3 is 0 Å². The van der Waals surface area contributed by atoms with E-state index in [4.69, 9.17) is 0 Å². The van der Waals surface area contributed by atoms with E-state index in [2.05, 4.69) is 29.3 Å². The minimum Gasteiger partial charge on any atom is -0.147 e. The van der Waals surface area contributed by atoms with Crippen LogP contribution < -0.4 is 0 Å². The normalized spacial score (nSPS) is 10.1. The van der Waals surface area contributed by atoms with Crippen LogP contribution in [0.2, 0.25) is 0 Å². The number of hydrogen-bond donors (Lipinski definition) is 0. The highest BCUT2D eigenvalue weighted by atomic mass is 32.1. The molecule has 0 radical (unpaired) electrons. The number of nitrogens with zero attached hydrogens (tertiary/aromatic N) is 2. The van der Waals surface area contributed by atoms with Gasteiger partial charge in [0.05, 0.1) is 0 Å². The first-order valence-corrected chi connectivity index (χ1v) is 4.57. The standard InChI is InChI=1S/C9H8N2S/c1-7-3-2-4-8(5-7)9-11-10-6-12-9/h2-6H,1H3. The molecule has 0 N–H and O–H groups in total. The Balaban J connectivity index is 2.48. The van der Waals surface area contributed by atoms with Gasteiger partial charge in [-0.1, -0.05) is 35.1 Å². The van der Waals surface area contributed by atoms with Gasteiger partial charge in [0.25, 0.3) is 0 Å². The first-order chi connectivity index (χ1) is 5.86. The van der Waals surface area contributed by atoms with Gasteiger partial charge in [0.15, 0.2) is 0 Å². The van der Waals surface area contributed by atoms with Gasteiger partial charge in [-0.15, -0.1) is 10.2 Å². The summed E-state index contributed by atoms with van der Waals surface area (Å²) in [4.78, 5) is 0. The third-order valence-electron chi connectivity index (χ3n) is 1.63. The summed E-state index contributed by atoms with van der Waals surface area (Å²) in [5, 5.41) is 8.78. The summed E-state index contributed by atoms with van der Waals surface area (Å²) < 4.78 is 0. The van der Waals surface area contributed by atoms with Crippen LogP contribution in [-0.4, -0.2) is 10.2 Å². The second-order valence-corrected chi connectivity index (χ2v) is 3.45. The molecule has 2 nitrogen and oxygen atoms in total. The fourth-order valence-corrected chi connectivity index (χ4v) is 1.63. The Labute approximate surface area is 74.9 Å². The fourth-order valence-electron chi connectivity index (χ4n) is 1.08. The smallest absolute Gasteiger partial charge is 0.147 e. The zero-order valence-corrected chi connectivity index (χ0v) is 7.51. The molecule has 3 heteroatoms. The molecule has 0 aliphatic heterocycles. The van der Waals surface area contributed by atoms with E-state index >= 15 is 0 Å². The largest absolute Gasteiger partial charge is 0.147 e. The maximum Gasteiger partial charge on any atom is 0.147 e. The molecule has 1 aromatic carbocycles. The van der Waals surface area contributed by atoms with E-state index in [0.717, 1.165) is 10.6 Å². The van der Waals surface area contributed by atoms with Crippen molar-refractivity contribution in [2.24, 2.45) is 0 Å². The second kappa shape index (κ2) is 3.03. The van der Waals surface area contributed by atoms with E-state index in [-0.39, 0.29) is 0 Å². The van der Waals surface area contributed by atoms with Crippen LogP contribution in [0.25, 0.3) is 10.6 Å². The topological polar surface area (TPSA) is 25.8 Å². The van der Waals surface area contributed by atoms with Gasteiger partial charge in [0.1, 0.15) is 10.5 Å². The molecule has 0 saturated heterocycles. The van der Waals surface area contributed by atoms with Gasteiger partial charge in [0, 0.05) is 5.56 Å². The summed E-state index contributed by atoms with van der Waals surface area (Å²) >= 11 is 1.56. The van der Waals surface area contributed by atoms with Gasteiger partial charge >= 0.3 is 0 Å². The van der Waals surface area contributed by atoms with Gasteiger partial charge in [-0.25, -0.2) is 0 Å². The molecular weight excluding hydrogens is 168 g/mol. The Kier molecular flexibility index (Phi) is 1.87. The van der Waals surface area contributed by atoms with Crippen LogP contribution in [0.5, 0.6) is 0 Å². The molecule has 12 heavy (non-hydrogen) atoms. The summed E-state index contributed by atoms with van der Waals surface area (Å²) in [7, 11) is 0. The molecule has 0 atom stereocenters. The van der Waals surface area contributed by atoms with Crippen molar-refractivity contribution >= 4 is 11.3 Å². The third-order valence-corrected chi connectivity index (χ3v) is 2.37. The predicted octanol–water partition coefficient (Wildman–Crippen LogP) is 2.51. The fraction of sp³-hybridized carbons (Fsp3) is 0.111. The highest BCUT2D eigenvalue weighted by Crippen LogP contribution is 2.20. The van der Waals surface area contributed by atoms with Gasteiger partial charge in [0.2, 0.25) is 0 Å². The minimum absolute atomic E-state index is 0.985. The SMILES string of the molecule is Cc1cccc(-c2nncs2)c1. The summed E-state index contributed by atoms with van der Waals surface area (Å²) in [5.41, 5.74) is 4.15. The summed E-state index contributed by atoms with van der Waals surface area (Å²) in [6.07, 6.45) is 0. The number of rotatable bonds is 1. The van der Waals surface area contributed by atoms with Crippen LogP contribution in [0.15, 0.2) is 29.8 Å². The summed E-state index contributed by atoms with van der Waals surface area (Å²) in [6, 6.07) is 8.27. The monoisotopic (exact) mass is 176 g/mol. The zero-order valence-electron chi connectivity index (χ0n) is 6.69. The van der Waals surface area contributed by atoms with Gasteiger partial charge in [-0.3, -0.25) is 0 Å². The van der Waals surface area contributed by atoms with Crippen molar-refractivity contribution in [3.05, 3.63) is 35.3 Å². The van der Waals surface area contributed by atoms with Crippen molar-refractivity contribution in [1.29, 1.82) is 0 Å². The summed E-state index contributed by atoms with van der Waals surface area (Å²) in [6.45, 7) is 2.07. The lowest BCUT2D eigenvalue weighted by molar-refractivity contribution is 1.09. The third kappa shape index (κ3) is 1.36. The number of hydrogen-bond acceptors (Lipinski definition) is 3. The van der Waals surface area contributed by atoms with Crippen LogP contribution in [0.3, 0.4) is 0 Å². The lowest BCUT2D eigenvalue weighted by Gasteiger charge is -1.95. The van der Waals surface area contributed by atoms with Crippen LogP contribution in [0.4, 0.5) is 0 Å². The quantitative estimate of drug-likeness (QED) is 0.667. The van der Waals surface area contributed by atoms with Crippen molar-refractivity contribution in [2.45, 2.75) is 6.92 Å². The highest BCUT2D eigenvalue weighted by Gasteiger charge is 1.99. The van der Waals surface area contributed by atoms with Crippen LogP contribution >= 0.6 is 11.3 Å². The van der Waals surface area contributed by atoms with E-state index in [1.54, 1.807) is 16.8 Å². The molecule has 0 bridgehead atoms. The second-order valence-electron chi connectivity index (χ2n) is 2.61. The Bertz CT molecular complexity index is 368. The molecule has 1 aromatic heterocycles. The predicted molar refractivity (Wildman–Crippen MR) is 50.1 cm³/mol. The lowest BCUT2D eigenvalue weighted by atomic mass is 10.1. The van der Waals surface area contributed by atoms with Crippen molar-refractivity contribution < 1.29 is 0 Å². The van der Waals surface area contributed by atoms with Crippen molar-refractivity contribution in [2.75, 3.05) is 0 Å². The Morgan fingerprint density at radius 1 is 1.33 bits per heavy atom. The number of aryl methyl sites for hydroxylation is 1. The maximum atomic E-state index is 4.00. The first kappa shape index (κ1) is 7.43. The van der Waals surface area contributed by atoms with Crippen LogP contribution in [0.1, 0.15) is 5.56 Å². The minimum atomic E-state index is 0.985. The molecular formula is C9H8N2S. The van der Waals surface area contributed by atoms with E-state index < -0.39 is 0 Å². The van der Waals surface area contributed by atoms with E-state index in [0.29, 0.717) is 0 Å². The Morgan fingerprint density at radius 3 is 2.92 bits per heavy atom. The highest BCUT2D eigenvalue weighted by molar-refractivity contribution is 7.12. The molecule has 2 rings (SSSR count).